The van der Waals surface area contributed by atoms with Gasteiger partial charge >= 0.3 is 0 Å². The molecule has 0 N–H and O–H groups in total. The van der Waals surface area contributed by atoms with E-state index in [1.807, 2.05) is 25.1 Å². The highest BCUT2D eigenvalue weighted by Gasteiger charge is 2.56. The first kappa shape index (κ1) is 13.0. The smallest absolute Gasteiger partial charge is 0.146 e. The predicted octanol–water partition coefficient (Wildman–Crippen LogP) is 4.32. The highest BCUT2D eigenvalue weighted by Crippen LogP contribution is 2.50. The first-order valence-electron chi connectivity index (χ1n) is 7.08. The van der Waals surface area contributed by atoms with Gasteiger partial charge in [-0.3, -0.25) is 4.79 Å². The molecule has 1 atom stereocenters. The topological polar surface area (TPSA) is 26.3 Å². The SMILES string of the molecule is Cc1cc(Cl)ccc1OC1CC(=O)C12CCCCC2. The Labute approximate surface area is 119 Å². The normalized spacial score (nSPS) is 25.2. The molecule has 2 saturated carbocycles. The van der Waals surface area contributed by atoms with Crippen LogP contribution in [0.3, 0.4) is 0 Å². The number of ether oxygens (including phenoxy) is 1. The quantitative estimate of drug-likeness (QED) is 0.805. The van der Waals surface area contributed by atoms with Crippen LogP contribution >= 0.6 is 11.6 Å². The average Bonchev–Trinajstić information content (AvgIpc) is 2.42. The summed E-state index contributed by atoms with van der Waals surface area (Å²) in [5, 5.41) is 0.724. The van der Waals surface area contributed by atoms with E-state index in [-0.39, 0.29) is 11.5 Å². The second-order valence-corrected chi connectivity index (χ2v) is 6.30. The van der Waals surface area contributed by atoms with Gasteiger partial charge in [-0.05, 0) is 43.5 Å². The fourth-order valence-electron chi connectivity index (χ4n) is 3.45. The number of carbonyl (C=O) groups is 1. The number of ketones is 1. The second-order valence-electron chi connectivity index (χ2n) is 5.86. The maximum absolute atomic E-state index is 12.0. The summed E-state index contributed by atoms with van der Waals surface area (Å²) >= 11 is 5.96. The largest absolute Gasteiger partial charge is 0.489 e. The minimum atomic E-state index is -0.176. The van der Waals surface area contributed by atoms with Crippen LogP contribution in [0, 0.1) is 12.3 Å². The summed E-state index contributed by atoms with van der Waals surface area (Å²) < 4.78 is 6.12. The number of hydrogen-bond donors (Lipinski definition) is 0. The predicted molar refractivity (Wildman–Crippen MR) is 75.7 cm³/mol. The summed E-state index contributed by atoms with van der Waals surface area (Å²) in [7, 11) is 0. The molecule has 0 bridgehead atoms. The van der Waals surface area contributed by atoms with Crippen LogP contribution in [-0.4, -0.2) is 11.9 Å². The van der Waals surface area contributed by atoms with Crippen LogP contribution in [0.25, 0.3) is 0 Å². The van der Waals surface area contributed by atoms with Gasteiger partial charge in [0.15, 0.2) is 0 Å². The van der Waals surface area contributed by atoms with Crippen molar-refractivity contribution in [3.8, 4) is 5.75 Å². The number of benzene rings is 1. The number of carbonyl (C=O) groups excluding carboxylic acids is 1. The van der Waals surface area contributed by atoms with Crippen molar-refractivity contribution in [2.45, 2.75) is 51.6 Å². The highest BCUT2D eigenvalue weighted by molar-refractivity contribution is 6.30. The van der Waals surface area contributed by atoms with Crippen LogP contribution in [-0.2, 0) is 4.79 Å². The van der Waals surface area contributed by atoms with Crippen molar-refractivity contribution in [2.24, 2.45) is 5.41 Å². The summed E-state index contributed by atoms with van der Waals surface area (Å²) in [6.07, 6.45) is 6.21. The zero-order valence-electron chi connectivity index (χ0n) is 11.2. The van der Waals surface area contributed by atoms with Crippen molar-refractivity contribution < 1.29 is 9.53 Å². The third-order valence-electron chi connectivity index (χ3n) is 4.69. The Morgan fingerprint density at radius 2 is 2.00 bits per heavy atom. The van der Waals surface area contributed by atoms with Crippen molar-refractivity contribution in [2.75, 3.05) is 0 Å². The molecule has 19 heavy (non-hydrogen) atoms. The fraction of sp³-hybridized carbons (Fsp3) is 0.562. The van der Waals surface area contributed by atoms with Gasteiger partial charge in [0.1, 0.15) is 17.6 Å². The minimum absolute atomic E-state index is 0.0696. The monoisotopic (exact) mass is 278 g/mol. The van der Waals surface area contributed by atoms with E-state index in [4.69, 9.17) is 16.3 Å². The molecule has 1 aromatic carbocycles. The van der Waals surface area contributed by atoms with Crippen LogP contribution in [0.2, 0.25) is 5.02 Å². The Kier molecular flexibility index (Phi) is 3.30. The molecule has 2 nitrogen and oxygen atoms in total. The lowest BCUT2D eigenvalue weighted by atomic mass is 9.57. The molecule has 1 spiro atoms. The van der Waals surface area contributed by atoms with Gasteiger partial charge in [-0.2, -0.15) is 0 Å². The lowest BCUT2D eigenvalue weighted by Crippen LogP contribution is -2.57. The summed E-state index contributed by atoms with van der Waals surface area (Å²) in [4.78, 5) is 12.0. The van der Waals surface area contributed by atoms with Crippen LogP contribution < -0.4 is 4.74 Å². The van der Waals surface area contributed by atoms with Gasteiger partial charge in [-0.25, -0.2) is 0 Å². The van der Waals surface area contributed by atoms with Gasteiger partial charge in [-0.1, -0.05) is 30.9 Å². The zero-order valence-corrected chi connectivity index (χ0v) is 12.0. The van der Waals surface area contributed by atoms with E-state index in [0.29, 0.717) is 12.2 Å². The number of hydrogen-bond acceptors (Lipinski definition) is 2. The van der Waals surface area contributed by atoms with Crippen molar-refractivity contribution in [3.63, 3.8) is 0 Å². The molecule has 1 unspecified atom stereocenters. The van der Waals surface area contributed by atoms with Gasteiger partial charge < -0.3 is 4.74 Å². The maximum atomic E-state index is 12.0. The minimum Gasteiger partial charge on any atom is -0.489 e. The van der Waals surface area contributed by atoms with E-state index in [0.717, 1.165) is 42.0 Å². The summed E-state index contributed by atoms with van der Waals surface area (Å²) in [5.74, 6) is 1.27. The van der Waals surface area contributed by atoms with Crippen molar-refractivity contribution >= 4 is 17.4 Å². The molecular formula is C16H19ClO2. The molecule has 0 saturated heterocycles. The molecule has 2 aliphatic rings. The third-order valence-corrected chi connectivity index (χ3v) is 4.93. The fourth-order valence-corrected chi connectivity index (χ4v) is 3.68. The molecule has 1 aromatic rings. The molecule has 3 heteroatoms. The lowest BCUT2D eigenvalue weighted by molar-refractivity contribution is -0.156. The average molecular weight is 279 g/mol. The molecular weight excluding hydrogens is 260 g/mol. The molecule has 3 rings (SSSR count). The molecule has 2 fully saturated rings. The summed E-state index contributed by atoms with van der Waals surface area (Å²) in [6.45, 7) is 2.00. The molecule has 2 aliphatic carbocycles. The van der Waals surface area contributed by atoms with Gasteiger partial charge in [0.05, 0.1) is 5.41 Å². The number of halogens is 1. The van der Waals surface area contributed by atoms with Gasteiger partial charge in [0, 0.05) is 11.4 Å². The van der Waals surface area contributed by atoms with E-state index in [1.54, 1.807) is 0 Å². The van der Waals surface area contributed by atoms with Crippen LogP contribution in [0.4, 0.5) is 0 Å². The molecule has 0 amide bonds. The van der Waals surface area contributed by atoms with E-state index in [2.05, 4.69) is 0 Å². The molecule has 102 valence electrons. The molecule has 0 aromatic heterocycles. The van der Waals surface area contributed by atoms with E-state index in [1.165, 1.54) is 6.42 Å². The first-order valence-corrected chi connectivity index (χ1v) is 7.46. The summed E-state index contributed by atoms with van der Waals surface area (Å²) in [6, 6.07) is 5.67. The third kappa shape index (κ3) is 2.16. The Morgan fingerprint density at radius 3 is 2.63 bits per heavy atom. The molecule has 0 heterocycles. The Balaban J connectivity index is 1.78. The van der Waals surface area contributed by atoms with Crippen molar-refractivity contribution in [1.82, 2.24) is 0 Å². The zero-order chi connectivity index (χ0) is 13.5. The maximum Gasteiger partial charge on any atom is 0.146 e. The Hall–Kier alpha value is -1.02. The molecule has 0 aliphatic heterocycles. The molecule has 0 radical (unpaired) electrons. The van der Waals surface area contributed by atoms with Crippen LogP contribution in [0.5, 0.6) is 5.75 Å². The van der Waals surface area contributed by atoms with E-state index >= 15 is 0 Å². The first-order chi connectivity index (χ1) is 9.12. The van der Waals surface area contributed by atoms with Crippen molar-refractivity contribution in [1.29, 1.82) is 0 Å². The standard InChI is InChI=1S/C16H19ClO2/c1-11-9-12(17)5-6-13(11)19-15-10-14(18)16(15)7-3-2-4-8-16/h5-6,9,15H,2-4,7-8,10H2,1H3. The number of rotatable bonds is 2. The van der Waals surface area contributed by atoms with Gasteiger partial charge in [-0.15, -0.1) is 0 Å². The second kappa shape index (κ2) is 4.82. The van der Waals surface area contributed by atoms with Gasteiger partial charge in [0.25, 0.3) is 0 Å². The van der Waals surface area contributed by atoms with Crippen LogP contribution in [0.1, 0.15) is 44.1 Å². The lowest BCUT2D eigenvalue weighted by Gasteiger charge is -2.49. The summed E-state index contributed by atoms with van der Waals surface area (Å²) in [5.41, 5.74) is 0.863. The van der Waals surface area contributed by atoms with Gasteiger partial charge in [0.2, 0.25) is 0 Å². The Bertz CT molecular complexity index is 503. The highest BCUT2D eigenvalue weighted by atomic mass is 35.5. The number of aryl methyl sites for hydroxylation is 1. The van der Waals surface area contributed by atoms with E-state index in [9.17, 15) is 4.79 Å². The van der Waals surface area contributed by atoms with Crippen molar-refractivity contribution in [3.05, 3.63) is 28.8 Å². The number of Topliss-reactive ketones (excluding diaryl/α,β-unsaturated/α-hetero) is 1. The van der Waals surface area contributed by atoms with E-state index < -0.39 is 0 Å². The van der Waals surface area contributed by atoms with Crippen LogP contribution in [0.15, 0.2) is 18.2 Å². The Morgan fingerprint density at radius 1 is 1.26 bits per heavy atom.